The van der Waals surface area contributed by atoms with Gasteiger partial charge in [0.1, 0.15) is 4.99 Å². The molecule has 0 saturated heterocycles. The Hall–Kier alpha value is -1.86. The predicted molar refractivity (Wildman–Crippen MR) is 95.4 cm³/mol. The monoisotopic (exact) mass is 328 g/mol. The van der Waals surface area contributed by atoms with E-state index in [0.717, 1.165) is 23.6 Å². The average Bonchev–Trinajstić information content (AvgIpc) is 2.39. The van der Waals surface area contributed by atoms with Crippen molar-refractivity contribution in [2.24, 2.45) is 27.2 Å². The van der Waals surface area contributed by atoms with Crippen molar-refractivity contribution in [1.29, 1.82) is 0 Å². The minimum atomic E-state index is -0.120. The first-order valence-electron chi connectivity index (χ1n) is 6.31. The zero-order valence-corrected chi connectivity index (χ0v) is 13.7. The van der Waals surface area contributed by atoms with Crippen LogP contribution in [-0.4, -0.2) is 34.9 Å². The Morgan fingerprint density at radius 2 is 1.62 bits per heavy atom. The number of hydrogen-bond donors (Lipinski definition) is 3. The fourth-order valence-electron chi connectivity index (χ4n) is 1.66. The minimum Gasteiger partial charge on any atom is -0.370 e. The van der Waals surface area contributed by atoms with Crippen molar-refractivity contribution in [3.8, 4) is 0 Å². The molecule has 116 valence electrons. The van der Waals surface area contributed by atoms with Gasteiger partial charge in [0.05, 0.1) is 5.69 Å². The van der Waals surface area contributed by atoms with Gasteiger partial charge in [0.25, 0.3) is 0 Å². The third kappa shape index (κ3) is 5.97. The molecule has 0 heterocycles. The maximum atomic E-state index is 5.56. The van der Waals surface area contributed by atoms with Gasteiger partial charge in [-0.2, -0.15) is 4.99 Å². The van der Waals surface area contributed by atoms with E-state index in [1.165, 1.54) is 0 Å². The highest BCUT2D eigenvalue weighted by Crippen LogP contribution is 2.15. The van der Waals surface area contributed by atoms with E-state index in [2.05, 4.69) is 28.7 Å². The zero-order chi connectivity index (χ0) is 15.1. The highest BCUT2D eigenvalue weighted by atomic mass is 35.5. The summed E-state index contributed by atoms with van der Waals surface area (Å²) >= 11 is 5.44. The number of nitrogens with two attached hydrogens (primary N) is 3. The molecular weight excluding hydrogens is 308 g/mol. The maximum absolute atomic E-state index is 5.56. The van der Waals surface area contributed by atoms with Crippen molar-refractivity contribution in [1.82, 2.24) is 4.90 Å². The van der Waals surface area contributed by atoms with Crippen LogP contribution >= 0.6 is 24.6 Å². The molecule has 6 N–H and O–H groups in total. The van der Waals surface area contributed by atoms with Crippen molar-refractivity contribution < 1.29 is 0 Å². The Kier molecular flexibility index (Phi) is 8.34. The van der Waals surface area contributed by atoms with E-state index in [-0.39, 0.29) is 24.3 Å². The summed E-state index contributed by atoms with van der Waals surface area (Å²) in [5, 5.41) is 0. The number of aliphatic imine (C=N–C) groups is 2. The summed E-state index contributed by atoms with van der Waals surface area (Å²) in [5.41, 5.74) is 17.6. The molecule has 0 radical (unpaired) electrons. The van der Waals surface area contributed by atoms with Crippen LogP contribution < -0.4 is 17.2 Å². The van der Waals surface area contributed by atoms with Crippen LogP contribution in [0.2, 0.25) is 0 Å². The summed E-state index contributed by atoms with van der Waals surface area (Å²) in [6.45, 7) is 5.91. The lowest BCUT2D eigenvalue weighted by Crippen LogP contribution is -2.29. The fourth-order valence-corrected chi connectivity index (χ4v) is 2.06. The first-order chi connectivity index (χ1) is 9.47. The molecule has 6 nitrogen and oxygen atoms in total. The average molecular weight is 329 g/mol. The van der Waals surface area contributed by atoms with Crippen molar-refractivity contribution >= 4 is 47.2 Å². The zero-order valence-electron chi connectivity index (χ0n) is 12.1. The molecule has 1 rings (SSSR count). The van der Waals surface area contributed by atoms with Gasteiger partial charge in [0, 0.05) is 18.7 Å². The Balaban J connectivity index is 0.00000400. The Bertz CT molecular complexity index is 518. The number of benzene rings is 1. The molecule has 0 aliphatic rings. The first kappa shape index (κ1) is 19.1. The van der Waals surface area contributed by atoms with Gasteiger partial charge in [-0.15, -0.1) is 12.4 Å². The van der Waals surface area contributed by atoms with Gasteiger partial charge in [0.2, 0.25) is 5.96 Å². The van der Waals surface area contributed by atoms with Crippen LogP contribution in [0.3, 0.4) is 0 Å². The Labute approximate surface area is 136 Å². The van der Waals surface area contributed by atoms with Crippen LogP contribution in [0.1, 0.15) is 19.4 Å². The van der Waals surface area contributed by atoms with Crippen molar-refractivity contribution in [2.45, 2.75) is 13.8 Å². The molecule has 8 heteroatoms. The van der Waals surface area contributed by atoms with Crippen LogP contribution in [0.4, 0.5) is 5.69 Å². The Morgan fingerprint density at radius 1 is 1.10 bits per heavy atom. The molecule has 0 amide bonds. The van der Waals surface area contributed by atoms with E-state index in [9.17, 15) is 0 Å². The van der Waals surface area contributed by atoms with E-state index < -0.39 is 0 Å². The summed E-state index contributed by atoms with van der Waals surface area (Å²) in [5.74, 6) is -0.102. The molecule has 0 aliphatic heterocycles. The molecule has 0 aliphatic carbocycles. The normalized spacial score (nSPS) is 10.5. The molecule has 0 unspecified atom stereocenters. The van der Waals surface area contributed by atoms with E-state index in [4.69, 9.17) is 29.4 Å². The van der Waals surface area contributed by atoms with Gasteiger partial charge in [-0.1, -0.05) is 12.2 Å². The molecule has 1 aromatic carbocycles. The van der Waals surface area contributed by atoms with Gasteiger partial charge < -0.3 is 22.1 Å². The van der Waals surface area contributed by atoms with Crippen LogP contribution in [0.5, 0.6) is 0 Å². The van der Waals surface area contributed by atoms with Crippen molar-refractivity contribution in [2.75, 3.05) is 13.1 Å². The van der Waals surface area contributed by atoms with E-state index in [0.29, 0.717) is 5.69 Å². The molecular formula is C13H21ClN6S. The number of guanidine groups is 2. The predicted octanol–water partition coefficient (Wildman–Crippen LogP) is 1.35. The van der Waals surface area contributed by atoms with Gasteiger partial charge in [-0.25, -0.2) is 4.99 Å². The molecule has 21 heavy (non-hydrogen) atoms. The Morgan fingerprint density at radius 3 is 2.05 bits per heavy atom. The summed E-state index contributed by atoms with van der Waals surface area (Å²) in [6.07, 6.45) is 0. The molecule has 0 atom stereocenters. The van der Waals surface area contributed by atoms with Gasteiger partial charge >= 0.3 is 0 Å². The lowest BCUT2D eigenvalue weighted by molar-refractivity contribution is 0.475. The largest absolute Gasteiger partial charge is 0.370 e. The van der Waals surface area contributed by atoms with E-state index in [1.54, 1.807) is 0 Å². The second kappa shape index (κ2) is 9.15. The molecule has 0 bridgehead atoms. The van der Waals surface area contributed by atoms with Crippen LogP contribution in [0.15, 0.2) is 34.3 Å². The quantitative estimate of drug-likeness (QED) is 0.439. The van der Waals surface area contributed by atoms with Gasteiger partial charge in [0.15, 0.2) is 5.96 Å². The molecule has 0 saturated carbocycles. The third-order valence-corrected chi connectivity index (χ3v) is 3.15. The van der Waals surface area contributed by atoms with Crippen LogP contribution in [-0.2, 0) is 0 Å². The molecule has 0 aromatic heterocycles. The maximum Gasteiger partial charge on any atom is 0.223 e. The summed E-state index contributed by atoms with van der Waals surface area (Å²) in [7, 11) is 0. The number of halogens is 1. The minimum absolute atomic E-state index is 0. The molecule has 1 aromatic rings. The topological polar surface area (TPSA) is 106 Å². The van der Waals surface area contributed by atoms with Crippen molar-refractivity contribution in [3.05, 3.63) is 29.8 Å². The van der Waals surface area contributed by atoms with Crippen molar-refractivity contribution in [3.63, 3.8) is 0 Å². The van der Waals surface area contributed by atoms with Crippen LogP contribution in [0.25, 0.3) is 0 Å². The SMILES string of the molecule is CCN(CC)C(=S)c1ccc(N=C(N)N=C(N)N)cc1.Cl. The smallest absolute Gasteiger partial charge is 0.223 e. The van der Waals surface area contributed by atoms with Crippen LogP contribution in [0, 0.1) is 0 Å². The summed E-state index contributed by atoms with van der Waals surface area (Å²) in [4.78, 5) is 10.7. The second-order valence-electron chi connectivity index (χ2n) is 4.03. The van der Waals surface area contributed by atoms with Gasteiger partial charge in [-0.3, -0.25) is 0 Å². The highest BCUT2D eigenvalue weighted by Gasteiger charge is 2.07. The first-order valence-corrected chi connectivity index (χ1v) is 6.71. The number of rotatable bonds is 4. The molecule has 0 spiro atoms. The van der Waals surface area contributed by atoms with E-state index >= 15 is 0 Å². The third-order valence-electron chi connectivity index (χ3n) is 2.65. The highest BCUT2D eigenvalue weighted by molar-refractivity contribution is 7.80. The molecule has 0 fully saturated rings. The fraction of sp³-hybridized carbons (Fsp3) is 0.308. The number of thiocarbonyl (C=S) groups is 1. The summed E-state index contributed by atoms with van der Waals surface area (Å²) < 4.78 is 0. The number of nitrogens with zero attached hydrogens (tertiary/aromatic N) is 3. The van der Waals surface area contributed by atoms with Gasteiger partial charge in [-0.05, 0) is 38.1 Å². The lowest BCUT2D eigenvalue weighted by atomic mass is 10.2. The van der Waals surface area contributed by atoms with E-state index in [1.807, 2.05) is 24.3 Å². The lowest BCUT2D eigenvalue weighted by Gasteiger charge is -2.21. The summed E-state index contributed by atoms with van der Waals surface area (Å²) in [6, 6.07) is 7.45. The standard InChI is InChI=1S/C13H20N6S.ClH/c1-3-19(4-2)11(20)9-5-7-10(8-6-9)17-13(16)18-12(14)15;/h5-8H,3-4H2,1-2H3,(H6,14,15,16,17,18);1H. The second-order valence-corrected chi connectivity index (χ2v) is 4.42. The number of hydrogen-bond acceptors (Lipinski definition) is 2.